The normalized spacial score (nSPS) is 10.8. The molecule has 0 bridgehead atoms. The average molecular weight is 350 g/mol. The third-order valence-electron chi connectivity index (χ3n) is 2.97. The van der Waals surface area contributed by atoms with E-state index in [1.165, 1.54) is 11.8 Å². The van der Waals surface area contributed by atoms with Crippen molar-refractivity contribution in [3.63, 3.8) is 0 Å². The van der Waals surface area contributed by atoms with Crippen LogP contribution in [-0.4, -0.2) is 25.1 Å². The van der Waals surface area contributed by atoms with Gasteiger partial charge in [-0.15, -0.1) is 0 Å². The number of ether oxygens (including phenoxy) is 2. The minimum Gasteiger partial charge on any atom is -0.493 e. The van der Waals surface area contributed by atoms with E-state index < -0.39 is 0 Å². The molecule has 0 radical (unpaired) electrons. The first kappa shape index (κ1) is 15.4. The molecule has 110 valence electrons. The fraction of sp³-hybridized carbons (Fsp3) is 0.188. The molecule has 0 aliphatic carbocycles. The van der Waals surface area contributed by atoms with Gasteiger partial charge in [0.15, 0.2) is 11.5 Å². The minimum absolute atomic E-state index is 0.556. The number of hydrogen-bond donors (Lipinski definition) is 1. The van der Waals surface area contributed by atoms with Gasteiger partial charge in [0.1, 0.15) is 0 Å². The fourth-order valence-corrected chi connectivity index (χ4v) is 2.33. The smallest absolute Gasteiger partial charge is 0.162 e. The van der Waals surface area contributed by atoms with Crippen LogP contribution in [0.25, 0.3) is 0 Å². The molecule has 2 aromatic carbocycles. The summed E-state index contributed by atoms with van der Waals surface area (Å²) in [6, 6.07) is 13.7. The summed E-state index contributed by atoms with van der Waals surface area (Å²) in [5, 5.41) is 11.6. The first-order chi connectivity index (χ1) is 10.2. The Balaban J connectivity index is 2.07. The third kappa shape index (κ3) is 4.23. The average Bonchev–Trinajstić information content (AvgIpc) is 2.51. The van der Waals surface area contributed by atoms with Gasteiger partial charge in [-0.1, -0.05) is 35.5 Å². The Labute approximate surface area is 132 Å². The third-order valence-corrected chi connectivity index (χ3v) is 3.66. The van der Waals surface area contributed by atoms with Crippen LogP contribution in [0.2, 0.25) is 0 Å². The zero-order valence-electron chi connectivity index (χ0n) is 11.6. The molecule has 0 saturated carbocycles. The van der Waals surface area contributed by atoms with Crippen LogP contribution in [0.3, 0.4) is 0 Å². The molecule has 21 heavy (non-hydrogen) atoms. The Bertz CT molecular complexity index is 614. The van der Waals surface area contributed by atoms with Crippen molar-refractivity contribution in [3.8, 4) is 11.5 Å². The molecule has 0 aliphatic rings. The Morgan fingerprint density at radius 3 is 2.62 bits per heavy atom. The van der Waals surface area contributed by atoms with Gasteiger partial charge in [0.2, 0.25) is 0 Å². The summed E-state index contributed by atoms with van der Waals surface area (Å²) in [5.41, 5.74) is 1.93. The van der Waals surface area contributed by atoms with Crippen molar-refractivity contribution in [3.05, 3.63) is 58.1 Å². The van der Waals surface area contributed by atoms with Gasteiger partial charge in [-0.05, 0) is 33.6 Å². The van der Waals surface area contributed by atoms with Crippen LogP contribution in [0, 0.1) is 0 Å². The molecule has 1 N–H and O–H groups in total. The molecule has 0 aromatic heterocycles. The zero-order valence-corrected chi connectivity index (χ0v) is 13.2. The molecular formula is C16H16BrNO3. The van der Waals surface area contributed by atoms with Gasteiger partial charge in [0, 0.05) is 16.5 Å². The number of halogens is 1. The number of methoxy groups -OCH3 is 1. The monoisotopic (exact) mass is 349 g/mol. The SMILES string of the molecule is COc1cc(C=NO)c(Br)cc1OCCc1ccccc1. The van der Waals surface area contributed by atoms with E-state index in [0.29, 0.717) is 23.7 Å². The van der Waals surface area contributed by atoms with Gasteiger partial charge in [0.25, 0.3) is 0 Å². The number of hydrogen-bond acceptors (Lipinski definition) is 4. The van der Waals surface area contributed by atoms with Crippen molar-refractivity contribution in [2.75, 3.05) is 13.7 Å². The van der Waals surface area contributed by atoms with Crippen molar-refractivity contribution in [1.82, 2.24) is 0 Å². The molecule has 0 amide bonds. The molecular weight excluding hydrogens is 334 g/mol. The number of benzene rings is 2. The highest BCUT2D eigenvalue weighted by Gasteiger charge is 2.09. The standard InChI is InChI=1S/C16H16BrNO3/c1-20-15-9-13(11-18-19)14(17)10-16(15)21-8-7-12-5-3-2-4-6-12/h2-6,9-11,19H,7-8H2,1H3. The summed E-state index contributed by atoms with van der Waals surface area (Å²) >= 11 is 3.41. The van der Waals surface area contributed by atoms with E-state index >= 15 is 0 Å². The Morgan fingerprint density at radius 1 is 1.19 bits per heavy atom. The van der Waals surface area contributed by atoms with Crippen LogP contribution >= 0.6 is 15.9 Å². The predicted molar refractivity (Wildman–Crippen MR) is 85.7 cm³/mol. The van der Waals surface area contributed by atoms with E-state index in [1.807, 2.05) is 18.2 Å². The topological polar surface area (TPSA) is 51.0 Å². The first-order valence-corrected chi connectivity index (χ1v) is 7.25. The van der Waals surface area contributed by atoms with E-state index in [0.717, 1.165) is 10.9 Å². The van der Waals surface area contributed by atoms with E-state index in [-0.39, 0.29) is 0 Å². The van der Waals surface area contributed by atoms with Gasteiger partial charge in [-0.2, -0.15) is 0 Å². The maximum absolute atomic E-state index is 8.62. The molecule has 0 unspecified atom stereocenters. The lowest BCUT2D eigenvalue weighted by Gasteiger charge is -2.12. The van der Waals surface area contributed by atoms with Crippen LogP contribution in [0.4, 0.5) is 0 Å². The maximum Gasteiger partial charge on any atom is 0.162 e. The number of nitrogens with zero attached hydrogens (tertiary/aromatic N) is 1. The summed E-state index contributed by atoms with van der Waals surface area (Å²) < 4.78 is 11.9. The molecule has 0 heterocycles. The summed E-state index contributed by atoms with van der Waals surface area (Å²) in [4.78, 5) is 0. The summed E-state index contributed by atoms with van der Waals surface area (Å²) in [6.07, 6.45) is 2.15. The molecule has 2 aromatic rings. The zero-order chi connectivity index (χ0) is 15.1. The second-order valence-electron chi connectivity index (χ2n) is 4.35. The van der Waals surface area contributed by atoms with Gasteiger partial charge < -0.3 is 14.7 Å². The second kappa shape index (κ2) is 7.69. The van der Waals surface area contributed by atoms with Gasteiger partial charge >= 0.3 is 0 Å². The van der Waals surface area contributed by atoms with E-state index in [2.05, 4.69) is 33.2 Å². The van der Waals surface area contributed by atoms with Crippen LogP contribution < -0.4 is 9.47 Å². The first-order valence-electron chi connectivity index (χ1n) is 6.46. The number of rotatable bonds is 6. The highest BCUT2D eigenvalue weighted by Crippen LogP contribution is 2.33. The van der Waals surface area contributed by atoms with Crippen molar-refractivity contribution >= 4 is 22.1 Å². The lowest BCUT2D eigenvalue weighted by molar-refractivity contribution is 0.297. The lowest BCUT2D eigenvalue weighted by atomic mass is 10.2. The van der Waals surface area contributed by atoms with E-state index in [4.69, 9.17) is 14.7 Å². The highest BCUT2D eigenvalue weighted by molar-refractivity contribution is 9.10. The summed E-state index contributed by atoms with van der Waals surface area (Å²) in [6.45, 7) is 0.556. The molecule has 4 nitrogen and oxygen atoms in total. The molecule has 0 fully saturated rings. The van der Waals surface area contributed by atoms with Crippen molar-refractivity contribution < 1.29 is 14.7 Å². The predicted octanol–water partition coefficient (Wildman–Crippen LogP) is 3.89. The molecule has 2 rings (SSSR count). The fourth-order valence-electron chi connectivity index (χ4n) is 1.91. The summed E-state index contributed by atoms with van der Waals surface area (Å²) in [5.74, 6) is 1.25. The maximum atomic E-state index is 8.62. The molecule has 0 saturated heterocycles. The molecule has 0 aliphatic heterocycles. The molecule has 0 atom stereocenters. The quantitative estimate of drug-likeness (QED) is 0.489. The summed E-state index contributed by atoms with van der Waals surface area (Å²) in [7, 11) is 1.58. The minimum atomic E-state index is 0.556. The van der Waals surface area contributed by atoms with Crippen molar-refractivity contribution in [2.45, 2.75) is 6.42 Å². The molecule has 5 heteroatoms. The van der Waals surface area contributed by atoms with E-state index in [1.54, 1.807) is 19.2 Å². The van der Waals surface area contributed by atoms with Crippen LogP contribution in [0.15, 0.2) is 52.1 Å². The molecule has 0 spiro atoms. The van der Waals surface area contributed by atoms with Crippen LogP contribution in [0.1, 0.15) is 11.1 Å². The largest absolute Gasteiger partial charge is 0.493 e. The number of oxime groups is 1. The van der Waals surface area contributed by atoms with Crippen LogP contribution in [0.5, 0.6) is 11.5 Å². The van der Waals surface area contributed by atoms with Crippen molar-refractivity contribution in [2.24, 2.45) is 5.16 Å². The van der Waals surface area contributed by atoms with Gasteiger partial charge in [0.05, 0.1) is 19.9 Å². The Hall–Kier alpha value is -2.01. The van der Waals surface area contributed by atoms with Gasteiger partial charge in [-0.25, -0.2) is 0 Å². The van der Waals surface area contributed by atoms with Gasteiger partial charge in [-0.3, -0.25) is 0 Å². The second-order valence-corrected chi connectivity index (χ2v) is 5.21. The lowest BCUT2D eigenvalue weighted by Crippen LogP contribution is -2.03. The highest BCUT2D eigenvalue weighted by atomic mass is 79.9. The van der Waals surface area contributed by atoms with Crippen molar-refractivity contribution in [1.29, 1.82) is 0 Å². The van der Waals surface area contributed by atoms with Crippen LogP contribution in [-0.2, 0) is 6.42 Å². The Kier molecular flexibility index (Phi) is 5.63. The Morgan fingerprint density at radius 2 is 1.95 bits per heavy atom. The van der Waals surface area contributed by atoms with E-state index in [9.17, 15) is 0 Å².